The molecule has 6 heteroatoms. The van der Waals surface area contributed by atoms with Crippen LogP contribution in [0, 0.1) is 6.92 Å². The fraction of sp³-hybridized carbons (Fsp3) is 0.222. The van der Waals surface area contributed by atoms with Crippen LogP contribution >= 0.6 is 0 Å². The molecule has 2 aromatic heterocycles. The topological polar surface area (TPSA) is 63.5 Å². The van der Waals surface area contributed by atoms with Crippen molar-refractivity contribution in [3.8, 4) is 0 Å². The molecule has 2 heterocycles. The summed E-state index contributed by atoms with van der Waals surface area (Å²) in [7, 11) is -2.11. The molecule has 0 radical (unpaired) electrons. The Morgan fingerprint density at radius 1 is 1.40 bits per heavy atom. The maximum Gasteiger partial charge on any atom is 0.259 e. The van der Waals surface area contributed by atoms with Crippen molar-refractivity contribution >= 4 is 15.5 Å². The fourth-order valence-electron chi connectivity index (χ4n) is 1.45. The molecule has 0 aliphatic rings. The molecule has 0 unspecified atom stereocenters. The Balaban J connectivity index is 2.84. The lowest BCUT2D eigenvalue weighted by molar-refractivity contribution is 0.586. The number of aryl methyl sites for hydroxylation is 1. The number of imidazole rings is 1. The first-order valence-corrected chi connectivity index (χ1v) is 5.92. The standard InChI is InChI=1S/C9H11N3O2S/c1-7-11-9(15(13,14)10-2)8-5-3-4-6-12(7)8/h3-6,10H,1-2H3. The third-order valence-electron chi connectivity index (χ3n) is 2.21. The first-order chi connectivity index (χ1) is 7.06. The first kappa shape index (κ1) is 10.1. The molecular formula is C9H11N3O2S. The number of sulfonamides is 1. The highest BCUT2D eigenvalue weighted by Gasteiger charge is 2.19. The van der Waals surface area contributed by atoms with E-state index in [0.29, 0.717) is 11.3 Å². The van der Waals surface area contributed by atoms with Gasteiger partial charge in [-0.3, -0.25) is 0 Å². The Morgan fingerprint density at radius 3 is 2.80 bits per heavy atom. The molecule has 80 valence electrons. The van der Waals surface area contributed by atoms with Crippen molar-refractivity contribution in [3.05, 3.63) is 30.2 Å². The van der Waals surface area contributed by atoms with Crippen LogP contribution in [0.2, 0.25) is 0 Å². The summed E-state index contributed by atoms with van der Waals surface area (Å²) in [6.07, 6.45) is 1.78. The average molecular weight is 225 g/mol. The van der Waals surface area contributed by atoms with Crippen LogP contribution in [0.4, 0.5) is 0 Å². The van der Waals surface area contributed by atoms with Crippen LogP contribution in [-0.2, 0) is 10.0 Å². The Bertz CT molecular complexity index is 601. The van der Waals surface area contributed by atoms with Gasteiger partial charge in [-0.05, 0) is 26.1 Å². The zero-order chi connectivity index (χ0) is 11.1. The van der Waals surface area contributed by atoms with E-state index >= 15 is 0 Å². The summed E-state index contributed by atoms with van der Waals surface area (Å²) >= 11 is 0. The predicted molar refractivity (Wildman–Crippen MR) is 56.2 cm³/mol. The second-order valence-electron chi connectivity index (χ2n) is 3.13. The molecule has 1 N–H and O–H groups in total. The number of fused-ring (bicyclic) bond motifs is 1. The molecule has 5 nitrogen and oxygen atoms in total. The van der Waals surface area contributed by atoms with E-state index in [0.717, 1.165) is 0 Å². The largest absolute Gasteiger partial charge is 0.303 e. The monoisotopic (exact) mass is 225 g/mol. The summed E-state index contributed by atoms with van der Waals surface area (Å²) in [6, 6.07) is 5.34. The molecule has 0 aromatic carbocycles. The second-order valence-corrected chi connectivity index (χ2v) is 4.93. The first-order valence-electron chi connectivity index (χ1n) is 4.43. The van der Waals surface area contributed by atoms with E-state index in [2.05, 4.69) is 9.71 Å². The smallest absolute Gasteiger partial charge is 0.259 e. The quantitative estimate of drug-likeness (QED) is 0.811. The Morgan fingerprint density at radius 2 is 2.13 bits per heavy atom. The van der Waals surface area contributed by atoms with Gasteiger partial charge in [0.15, 0.2) is 5.03 Å². The zero-order valence-corrected chi connectivity index (χ0v) is 9.25. The van der Waals surface area contributed by atoms with Crippen LogP contribution in [0.25, 0.3) is 5.52 Å². The minimum Gasteiger partial charge on any atom is -0.303 e. The molecule has 0 spiro atoms. The van der Waals surface area contributed by atoms with Gasteiger partial charge in [0.2, 0.25) is 0 Å². The van der Waals surface area contributed by atoms with Crippen molar-refractivity contribution in [2.45, 2.75) is 11.9 Å². The lowest BCUT2D eigenvalue weighted by atomic mass is 10.4. The minimum atomic E-state index is -3.49. The fourth-order valence-corrected chi connectivity index (χ4v) is 2.34. The molecule has 2 rings (SSSR count). The third-order valence-corrected chi connectivity index (χ3v) is 3.56. The lowest BCUT2D eigenvalue weighted by Crippen LogP contribution is -2.19. The van der Waals surface area contributed by atoms with Gasteiger partial charge in [-0.1, -0.05) is 6.07 Å². The predicted octanol–water partition coefficient (Wildman–Crippen LogP) is 0.551. The molecule has 0 amide bonds. The molecule has 0 bridgehead atoms. The number of hydrogen-bond donors (Lipinski definition) is 1. The summed E-state index contributed by atoms with van der Waals surface area (Å²) in [5.74, 6) is 0.652. The lowest BCUT2D eigenvalue weighted by Gasteiger charge is -1.98. The van der Waals surface area contributed by atoms with Crippen LogP contribution in [-0.4, -0.2) is 24.9 Å². The van der Waals surface area contributed by atoms with E-state index in [1.165, 1.54) is 7.05 Å². The van der Waals surface area contributed by atoms with Gasteiger partial charge in [-0.25, -0.2) is 18.1 Å². The van der Waals surface area contributed by atoms with Crippen LogP contribution in [0.3, 0.4) is 0 Å². The average Bonchev–Trinajstić information content (AvgIpc) is 2.58. The maximum atomic E-state index is 11.6. The van der Waals surface area contributed by atoms with E-state index in [9.17, 15) is 8.42 Å². The van der Waals surface area contributed by atoms with Crippen molar-refractivity contribution in [3.63, 3.8) is 0 Å². The van der Waals surface area contributed by atoms with Gasteiger partial charge in [-0.15, -0.1) is 0 Å². The summed E-state index contributed by atoms with van der Waals surface area (Å²) in [5, 5.41) is 0.0723. The van der Waals surface area contributed by atoms with Crippen molar-refractivity contribution in [1.29, 1.82) is 0 Å². The molecule has 2 aromatic rings. The van der Waals surface area contributed by atoms with Crippen LogP contribution in [0.1, 0.15) is 5.82 Å². The molecule has 0 aliphatic carbocycles. The van der Waals surface area contributed by atoms with E-state index in [1.54, 1.807) is 29.7 Å². The molecule has 15 heavy (non-hydrogen) atoms. The molecule has 0 aliphatic heterocycles. The number of aromatic nitrogens is 2. The highest BCUT2D eigenvalue weighted by atomic mass is 32.2. The zero-order valence-electron chi connectivity index (χ0n) is 8.43. The summed E-state index contributed by atoms with van der Waals surface area (Å²) < 4.78 is 27.3. The normalized spacial score (nSPS) is 12.1. The Labute approximate surface area is 87.8 Å². The Kier molecular flexibility index (Phi) is 2.24. The number of nitrogens with zero attached hydrogens (tertiary/aromatic N) is 2. The van der Waals surface area contributed by atoms with Gasteiger partial charge >= 0.3 is 0 Å². The van der Waals surface area contributed by atoms with Gasteiger partial charge in [-0.2, -0.15) is 0 Å². The number of rotatable bonds is 2. The van der Waals surface area contributed by atoms with Crippen LogP contribution in [0.5, 0.6) is 0 Å². The van der Waals surface area contributed by atoms with Gasteiger partial charge in [0.1, 0.15) is 5.82 Å². The van der Waals surface area contributed by atoms with Gasteiger partial charge in [0, 0.05) is 6.20 Å². The molecule has 0 fully saturated rings. The maximum absolute atomic E-state index is 11.6. The third kappa shape index (κ3) is 1.51. The highest BCUT2D eigenvalue weighted by Crippen LogP contribution is 2.16. The van der Waals surface area contributed by atoms with Crippen LogP contribution in [0.15, 0.2) is 29.4 Å². The van der Waals surface area contributed by atoms with Crippen molar-refractivity contribution in [2.75, 3.05) is 7.05 Å². The number of nitrogens with one attached hydrogen (secondary N) is 1. The minimum absolute atomic E-state index is 0.0723. The van der Waals surface area contributed by atoms with Crippen molar-refractivity contribution in [1.82, 2.24) is 14.1 Å². The summed E-state index contributed by atoms with van der Waals surface area (Å²) in [6.45, 7) is 1.77. The summed E-state index contributed by atoms with van der Waals surface area (Å²) in [5.41, 5.74) is 0.587. The van der Waals surface area contributed by atoms with Crippen LogP contribution < -0.4 is 4.72 Å². The van der Waals surface area contributed by atoms with E-state index in [1.807, 2.05) is 6.07 Å². The molecule has 0 saturated carbocycles. The Hall–Kier alpha value is -1.40. The summed E-state index contributed by atoms with van der Waals surface area (Å²) in [4.78, 5) is 4.04. The van der Waals surface area contributed by atoms with Crippen molar-refractivity contribution < 1.29 is 8.42 Å². The number of pyridine rings is 1. The molecule has 0 saturated heterocycles. The highest BCUT2D eigenvalue weighted by molar-refractivity contribution is 7.89. The SMILES string of the molecule is CNS(=O)(=O)c1nc(C)n2ccccc12. The van der Waals surface area contributed by atoms with E-state index in [4.69, 9.17) is 0 Å². The van der Waals surface area contributed by atoms with Crippen molar-refractivity contribution in [2.24, 2.45) is 0 Å². The molecule has 0 atom stereocenters. The van der Waals surface area contributed by atoms with Gasteiger partial charge in [0.05, 0.1) is 5.52 Å². The van der Waals surface area contributed by atoms with E-state index in [-0.39, 0.29) is 5.03 Å². The number of hydrogen-bond acceptors (Lipinski definition) is 3. The van der Waals surface area contributed by atoms with E-state index < -0.39 is 10.0 Å². The van der Waals surface area contributed by atoms with Gasteiger partial charge < -0.3 is 4.40 Å². The molecular weight excluding hydrogens is 214 g/mol. The van der Waals surface area contributed by atoms with Gasteiger partial charge in [0.25, 0.3) is 10.0 Å². The second kappa shape index (κ2) is 3.32.